The third-order valence-corrected chi connectivity index (χ3v) is 16.5. The van der Waals surface area contributed by atoms with Crippen LogP contribution in [0.5, 0.6) is 0 Å². The molecule has 0 N–H and O–H groups in total. The zero-order chi connectivity index (χ0) is 59.9. The Kier molecular flexibility index (Phi) is 69.1. The maximum absolute atomic E-state index is 13.0. The minimum absolute atomic E-state index is 0.0749. The predicted octanol–water partition coefficient (Wildman–Crippen LogP) is 25.5. The van der Waals surface area contributed by atoms with E-state index in [1.165, 1.54) is 276 Å². The lowest BCUT2D eigenvalue weighted by Gasteiger charge is -2.18. The van der Waals surface area contributed by atoms with E-state index in [4.69, 9.17) is 14.2 Å². The molecule has 0 bridgehead atoms. The zero-order valence-electron chi connectivity index (χ0n) is 55.7. The van der Waals surface area contributed by atoms with Gasteiger partial charge in [0.1, 0.15) is 13.2 Å². The molecule has 0 spiro atoms. The van der Waals surface area contributed by atoms with E-state index in [0.29, 0.717) is 19.3 Å². The molecule has 0 rings (SSSR count). The van der Waals surface area contributed by atoms with Gasteiger partial charge in [0, 0.05) is 19.3 Å². The van der Waals surface area contributed by atoms with Crippen LogP contribution in [0.3, 0.4) is 0 Å². The van der Waals surface area contributed by atoms with Gasteiger partial charge in [0.15, 0.2) is 6.10 Å². The molecule has 1 atom stereocenters. The Hall–Kier alpha value is -2.89. The molecule has 1 unspecified atom stereocenters. The first-order valence-corrected chi connectivity index (χ1v) is 36.8. The summed E-state index contributed by atoms with van der Waals surface area (Å²) < 4.78 is 17.0. The Morgan fingerprint density at radius 1 is 0.241 bits per heavy atom. The van der Waals surface area contributed by atoms with E-state index in [-0.39, 0.29) is 31.1 Å². The molecule has 0 aliphatic carbocycles. The molecule has 6 heteroatoms. The van der Waals surface area contributed by atoms with E-state index >= 15 is 0 Å². The Morgan fingerprint density at radius 3 is 0.687 bits per heavy atom. The van der Waals surface area contributed by atoms with Crippen LogP contribution < -0.4 is 0 Å². The van der Waals surface area contributed by atoms with Gasteiger partial charge < -0.3 is 14.2 Å². The molecule has 0 aliphatic rings. The highest BCUT2D eigenvalue weighted by Gasteiger charge is 2.19. The number of unbranched alkanes of at least 4 members (excludes halogenated alkanes) is 47. The molecule has 83 heavy (non-hydrogen) atoms. The van der Waals surface area contributed by atoms with Crippen molar-refractivity contribution in [1.29, 1.82) is 0 Å². The largest absolute Gasteiger partial charge is 0.462 e. The highest BCUT2D eigenvalue weighted by atomic mass is 16.6. The first-order chi connectivity index (χ1) is 41.0. The van der Waals surface area contributed by atoms with E-state index in [1.54, 1.807) is 0 Å². The van der Waals surface area contributed by atoms with Crippen LogP contribution in [0.2, 0.25) is 0 Å². The quantitative estimate of drug-likeness (QED) is 0.0261. The molecule has 0 aromatic carbocycles. The van der Waals surface area contributed by atoms with Crippen molar-refractivity contribution >= 4 is 17.9 Å². The number of allylic oxidation sites excluding steroid dienone is 10. The van der Waals surface area contributed by atoms with Crippen molar-refractivity contribution in [2.45, 2.75) is 399 Å². The van der Waals surface area contributed by atoms with Gasteiger partial charge in [0.25, 0.3) is 0 Å². The van der Waals surface area contributed by atoms with Gasteiger partial charge in [-0.15, -0.1) is 0 Å². The molecule has 0 saturated heterocycles. The van der Waals surface area contributed by atoms with Gasteiger partial charge in [-0.25, -0.2) is 0 Å². The summed E-state index contributed by atoms with van der Waals surface area (Å²) in [4.78, 5) is 38.5. The van der Waals surface area contributed by atoms with Crippen molar-refractivity contribution in [3.05, 3.63) is 60.8 Å². The van der Waals surface area contributed by atoms with E-state index < -0.39 is 6.10 Å². The summed E-state index contributed by atoms with van der Waals surface area (Å²) in [5, 5.41) is 0. The van der Waals surface area contributed by atoms with E-state index in [0.717, 1.165) is 77.0 Å². The highest BCUT2D eigenvalue weighted by molar-refractivity contribution is 5.71. The van der Waals surface area contributed by atoms with Crippen LogP contribution in [0, 0.1) is 0 Å². The summed E-state index contributed by atoms with van der Waals surface area (Å²) in [6.07, 6.45) is 92.5. The van der Waals surface area contributed by atoms with Gasteiger partial charge in [-0.2, -0.15) is 0 Å². The van der Waals surface area contributed by atoms with E-state index in [2.05, 4.69) is 81.5 Å². The maximum atomic E-state index is 13.0. The smallest absolute Gasteiger partial charge is 0.306 e. The molecule has 0 aromatic heterocycles. The third-order valence-electron chi connectivity index (χ3n) is 16.5. The van der Waals surface area contributed by atoms with Gasteiger partial charge >= 0.3 is 17.9 Å². The second-order valence-electron chi connectivity index (χ2n) is 24.8. The summed E-state index contributed by atoms with van der Waals surface area (Å²) in [6, 6.07) is 0. The number of carbonyl (C=O) groups excluding carboxylic acids is 3. The molecule has 0 fully saturated rings. The molecule has 0 heterocycles. The fraction of sp³-hybridized carbons (Fsp3) is 0.831. The molecule has 6 nitrogen and oxygen atoms in total. The second kappa shape index (κ2) is 71.6. The van der Waals surface area contributed by atoms with Crippen molar-refractivity contribution < 1.29 is 28.6 Å². The van der Waals surface area contributed by atoms with E-state index in [9.17, 15) is 14.4 Å². The average molecular weight is 1160 g/mol. The monoisotopic (exact) mass is 1160 g/mol. The van der Waals surface area contributed by atoms with E-state index in [1.807, 2.05) is 0 Å². The number of ether oxygens (including phenoxy) is 3. The van der Waals surface area contributed by atoms with Gasteiger partial charge in [0.2, 0.25) is 0 Å². The van der Waals surface area contributed by atoms with Crippen molar-refractivity contribution in [1.82, 2.24) is 0 Å². The van der Waals surface area contributed by atoms with Crippen LogP contribution in [0.4, 0.5) is 0 Å². The Balaban J connectivity index is 4.23. The highest BCUT2D eigenvalue weighted by Crippen LogP contribution is 2.18. The minimum atomic E-state index is -0.780. The van der Waals surface area contributed by atoms with Crippen LogP contribution in [0.25, 0.3) is 0 Å². The van der Waals surface area contributed by atoms with Crippen LogP contribution in [0.1, 0.15) is 393 Å². The van der Waals surface area contributed by atoms with Gasteiger partial charge in [-0.05, 0) is 109 Å². The lowest BCUT2D eigenvalue weighted by Crippen LogP contribution is -2.30. The standard InChI is InChI=1S/C77H140O6/c1-4-7-10-13-16-19-22-25-28-31-33-34-35-36-37-38-39-40-41-42-43-44-45-47-49-52-55-58-61-64-67-70-76(79)82-73-74(72-81-75(78)69-66-63-60-57-54-51-48-30-27-24-21-18-15-12-9-6-3)83-77(80)71-68-65-62-59-56-53-50-46-32-29-26-23-20-17-14-11-8-5-2/h22,25,29-33,35-36,48,74H,4-21,23-24,26-28,34,37-47,49-73H2,1-3H3/b25-22-,32-29-,33-31-,36-35-,48-30-. The summed E-state index contributed by atoms with van der Waals surface area (Å²) in [5.41, 5.74) is 0. The van der Waals surface area contributed by atoms with Gasteiger partial charge in [-0.1, -0.05) is 326 Å². The zero-order valence-corrected chi connectivity index (χ0v) is 55.7. The molecular weight excluding hydrogens is 1020 g/mol. The minimum Gasteiger partial charge on any atom is -0.462 e. The number of rotatable bonds is 68. The average Bonchev–Trinajstić information content (AvgIpc) is 3.49. The SMILES string of the molecule is CCCCCCC/C=C\C/C=C\C/C=C\CCCCCCCCCCCCCCCCCCC(=O)OCC(COC(=O)CCCCCCC/C=C\CCCCCCCCC)OC(=O)CCCCCCCCC/C=C\CCCCCCCCC. The molecule has 0 aromatic rings. The second-order valence-corrected chi connectivity index (χ2v) is 24.8. The van der Waals surface area contributed by atoms with Crippen molar-refractivity contribution in [3.63, 3.8) is 0 Å². The predicted molar refractivity (Wildman–Crippen MR) is 362 cm³/mol. The third kappa shape index (κ3) is 69.8. The number of carbonyl (C=O) groups is 3. The van der Waals surface area contributed by atoms with Crippen LogP contribution in [-0.4, -0.2) is 37.2 Å². The Bertz CT molecular complexity index is 1470. The molecule has 0 radical (unpaired) electrons. The first-order valence-electron chi connectivity index (χ1n) is 36.8. The molecular formula is C77H140O6. The summed E-state index contributed by atoms with van der Waals surface area (Å²) in [5.74, 6) is -0.863. The Labute approximate surface area is 517 Å². The molecule has 0 aliphatic heterocycles. The topological polar surface area (TPSA) is 78.9 Å². The van der Waals surface area contributed by atoms with Gasteiger partial charge in [-0.3, -0.25) is 14.4 Å². The number of hydrogen-bond donors (Lipinski definition) is 0. The Morgan fingerprint density at radius 2 is 0.434 bits per heavy atom. The fourth-order valence-electron chi connectivity index (χ4n) is 10.9. The normalized spacial score (nSPS) is 12.4. The van der Waals surface area contributed by atoms with Crippen LogP contribution in [0.15, 0.2) is 60.8 Å². The van der Waals surface area contributed by atoms with Crippen LogP contribution in [-0.2, 0) is 28.6 Å². The lowest BCUT2D eigenvalue weighted by molar-refractivity contribution is -0.167. The number of esters is 3. The van der Waals surface area contributed by atoms with Crippen molar-refractivity contribution in [3.8, 4) is 0 Å². The summed E-state index contributed by atoms with van der Waals surface area (Å²) in [6.45, 7) is 6.67. The van der Waals surface area contributed by atoms with Crippen molar-refractivity contribution in [2.75, 3.05) is 13.2 Å². The summed E-state index contributed by atoms with van der Waals surface area (Å²) >= 11 is 0. The molecule has 0 saturated carbocycles. The van der Waals surface area contributed by atoms with Crippen LogP contribution >= 0.6 is 0 Å². The lowest BCUT2D eigenvalue weighted by atomic mass is 10.0. The van der Waals surface area contributed by atoms with Gasteiger partial charge in [0.05, 0.1) is 0 Å². The number of hydrogen-bond acceptors (Lipinski definition) is 6. The maximum Gasteiger partial charge on any atom is 0.306 e. The first kappa shape index (κ1) is 80.1. The molecule has 484 valence electrons. The molecule has 0 amide bonds. The summed E-state index contributed by atoms with van der Waals surface area (Å²) in [7, 11) is 0. The fourth-order valence-corrected chi connectivity index (χ4v) is 10.9. The van der Waals surface area contributed by atoms with Crippen molar-refractivity contribution in [2.24, 2.45) is 0 Å².